The third kappa shape index (κ3) is 2.73. The zero-order chi connectivity index (χ0) is 15.0. The van der Waals surface area contributed by atoms with Gasteiger partial charge >= 0.3 is 5.97 Å². The van der Waals surface area contributed by atoms with Crippen molar-refractivity contribution >= 4 is 48.9 Å². The number of hydrogen-bond donors (Lipinski definition) is 0. The molecule has 0 saturated carbocycles. The number of hydrogen-bond acceptors (Lipinski definition) is 6. The second-order valence-corrected chi connectivity index (χ2v) is 6.98. The maximum Gasteiger partial charge on any atom is 0.309 e. The lowest BCUT2D eigenvalue weighted by Crippen LogP contribution is -2.17. The monoisotopic (exact) mass is 321 g/mol. The molecule has 0 fully saturated rings. The zero-order valence-electron chi connectivity index (χ0n) is 12.0. The van der Waals surface area contributed by atoms with E-state index in [-0.39, 0.29) is 18.5 Å². The van der Waals surface area contributed by atoms with Crippen LogP contribution >= 0.6 is 22.7 Å². The fraction of sp³-hybridized carbons (Fsp3) is 0.333. The highest BCUT2D eigenvalue weighted by Gasteiger charge is 2.16. The zero-order valence-corrected chi connectivity index (χ0v) is 13.6. The van der Waals surface area contributed by atoms with Crippen molar-refractivity contribution in [1.82, 2.24) is 4.98 Å². The number of aromatic nitrogens is 1. The summed E-state index contributed by atoms with van der Waals surface area (Å²) in [6, 6.07) is 4.05. The van der Waals surface area contributed by atoms with Gasteiger partial charge in [-0.2, -0.15) is 0 Å². The second kappa shape index (κ2) is 5.61. The van der Waals surface area contributed by atoms with Gasteiger partial charge in [-0.15, -0.1) is 22.7 Å². The van der Waals surface area contributed by atoms with E-state index in [1.54, 1.807) is 22.7 Å². The topological polar surface area (TPSA) is 48.4 Å². The number of fused-ring (bicyclic) bond motifs is 3. The molecular weight excluding hydrogens is 306 g/mol. The van der Waals surface area contributed by atoms with Gasteiger partial charge in [0.2, 0.25) is 0 Å². The van der Waals surface area contributed by atoms with E-state index in [2.05, 4.69) is 9.72 Å². The normalized spacial score (nSPS) is 12.7. The van der Waals surface area contributed by atoms with E-state index in [1.165, 1.54) is 7.11 Å². The number of aryl methyl sites for hydroxylation is 1. The number of carbonyl (C=O) groups is 1. The van der Waals surface area contributed by atoms with Gasteiger partial charge in [0.1, 0.15) is 11.9 Å². The molecule has 0 saturated heterocycles. The van der Waals surface area contributed by atoms with E-state index < -0.39 is 0 Å². The third-order valence-electron chi connectivity index (χ3n) is 3.18. The van der Waals surface area contributed by atoms with Crippen LogP contribution in [0.5, 0.6) is 5.75 Å². The van der Waals surface area contributed by atoms with E-state index in [9.17, 15) is 4.79 Å². The van der Waals surface area contributed by atoms with Gasteiger partial charge in [0.25, 0.3) is 0 Å². The highest BCUT2D eigenvalue weighted by molar-refractivity contribution is 7.21. The first-order chi connectivity index (χ1) is 10.1. The van der Waals surface area contributed by atoms with Gasteiger partial charge in [0.05, 0.1) is 33.5 Å². The molecule has 0 spiro atoms. The number of rotatable bonds is 4. The average molecular weight is 321 g/mol. The van der Waals surface area contributed by atoms with Crippen molar-refractivity contribution in [2.24, 2.45) is 0 Å². The third-order valence-corrected chi connectivity index (χ3v) is 5.02. The Morgan fingerprint density at radius 3 is 3.05 bits per heavy atom. The summed E-state index contributed by atoms with van der Waals surface area (Å²) in [5.41, 5.74) is 1.04. The number of nitrogens with zero attached hydrogens (tertiary/aromatic N) is 1. The summed E-state index contributed by atoms with van der Waals surface area (Å²) in [6.45, 7) is 3.88. The Morgan fingerprint density at radius 2 is 2.29 bits per heavy atom. The molecule has 0 aliphatic heterocycles. The summed E-state index contributed by atoms with van der Waals surface area (Å²) in [7, 11) is 1.39. The molecule has 6 heteroatoms. The molecule has 3 rings (SSSR count). The van der Waals surface area contributed by atoms with Crippen LogP contribution in [-0.2, 0) is 9.53 Å². The van der Waals surface area contributed by atoms with Crippen LogP contribution in [0.4, 0.5) is 0 Å². The number of ether oxygens (including phenoxy) is 2. The standard InChI is InChI=1S/C15H15NO3S2/c1-8(6-13(17)18-3)19-11-7-12-14(16-9(2)21-12)15-10(11)4-5-20-15/h4-5,7-8H,6H2,1-3H3. The van der Waals surface area contributed by atoms with Gasteiger partial charge in [0.15, 0.2) is 0 Å². The van der Waals surface area contributed by atoms with Crippen molar-refractivity contribution in [3.63, 3.8) is 0 Å². The SMILES string of the molecule is COC(=O)CC(C)Oc1cc2sc(C)nc2c2sccc12. The fourth-order valence-electron chi connectivity index (χ4n) is 2.26. The minimum Gasteiger partial charge on any atom is -0.489 e. The summed E-state index contributed by atoms with van der Waals surface area (Å²) in [5, 5.41) is 4.13. The van der Waals surface area contributed by atoms with Gasteiger partial charge in [-0.1, -0.05) is 0 Å². The van der Waals surface area contributed by atoms with Gasteiger partial charge in [0, 0.05) is 11.5 Å². The van der Waals surface area contributed by atoms with Gasteiger partial charge < -0.3 is 9.47 Å². The number of thiazole rings is 1. The van der Waals surface area contributed by atoms with Gasteiger partial charge in [-0.25, -0.2) is 4.98 Å². The quantitative estimate of drug-likeness (QED) is 0.677. The summed E-state index contributed by atoms with van der Waals surface area (Å²) in [6.07, 6.45) is 0.00837. The van der Waals surface area contributed by atoms with E-state index in [4.69, 9.17) is 4.74 Å². The summed E-state index contributed by atoms with van der Waals surface area (Å²) in [5.74, 6) is 0.539. The molecule has 2 heterocycles. The molecule has 1 unspecified atom stereocenters. The molecule has 1 aromatic carbocycles. The first-order valence-corrected chi connectivity index (χ1v) is 8.29. The van der Waals surface area contributed by atoms with E-state index >= 15 is 0 Å². The summed E-state index contributed by atoms with van der Waals surface area (Å²) < 4.78 is 12.9. The van der Waals surface area contributed by atoms with Gasteiger partial charge in [-0.3, -0.25) is 4.79 Å². The lowest BCUT2D eigenvalue weighted by atomic mass is 10.2. The molecular formula is C15H15NO3S2. The predicted molar refractivity (Wildman–Crippen MR) is 86.5 cm³/mol. The van der Waals surface area contributed by atoms with Crippen molar-refractivity contribution in [3.8, 4) is 5.75 Å². The first kappa shape index (κ1) is 14.3. The Hall–Kier alpha value is -1.66. The lowest BCUT2D eigenvalue weighted by Gasteiger charge is -2.14. The van der Waals surface area contributed by atoms with Crippen molar-refractivity contribution in [1.29, 1.82) is 0 Å². The van der Waals surface area contributed by atoms with Crippen molar-refractivity contribution in [2.75, 3.05) is 7.11 Å². The Balaban J connectivity index is 2.00. The number of benzene rings is 1. The number of esters is 1. The predicted octanol–water partition coefficient (Wildman–Crippen LogP) is 4.15. The minimum atomic E-state index is -0.265. The minimum absolute atomic E-state index is 0.230. The Bertz CT molecular complexity index is 806. The maximum atomic E-state index is 11.3. The second-order valence-electron chi connectivity index (χ2n) is 4.83. The molecule has 0 aliphatic carbocycles. The van der Waals surface area contributed by atoms with Crippen LogP contribution in [0.1, 0.15) is 18.4 Å². The number of carbonyl (C=O) groups excluding carboxylic acids is 1. The average Bonchev–Trinajstić information content (AvgIpc) is 3.03. The van der Waals surface area contributed by atoms with Crippen LogP contribution in [0.25, 0.3) is 20.3 Å². The molecule has 0 N–H and O–H groups in total. The van der Waals surface area contributed by atoms with E-state index in [0.29, 0.717) is 0 Å². The van der Waals surface area contributed by atoms with E-state index in [1.807, 2.05) is 31.4 Å². The van der Waals surface area contributed by atoms with E-state index in [0.717, 1.165) is 31.1 Å². The van der Waals surface area contributed by atoms with Crippen LogP contribution in [0.3, 0.4) is 0 Å². The summed E-state index contributed by atoms with van der Waals surface area (Å²) >= 11 is 3.32. The van der Waals surface area contributed by atoms with Crippen LogP contribution in [0.2, 0.25) is 0 Å². The van der Waals surface area contributed by atoms with Gasteiger partial charge in [-0.05, 0) is 25.3 Å². The molecule has 0 bridgehead atoms. The lowest BCUT2D eigenvalue weighted by molar-refractivity contribution is -0.142. The summed E-state index contributed by atoms with van der Waals surface area (Å²) in [4.78, 5) is 15.9. The molecule has 0 amide bonds. The molecule has 4 nitrogen and oxygen atoms in total. The number of methoxy groups -OCH3 is 1. The molecule has 0 aliphatic rings. The molecule has 0 radical (unpaired) electrons. The molecule has 110 valence electrons. The number of thiophene rings is 1. The molecule has 3 aromatic rings. The Morgan fingerprint density at radius 1 is 1.48 bits per heavy atom. The molecule has 2 aromatic heterocycles. The van der Waals surface area contributed by atoms with Crippen LogP contribution in [0.15, 0.2) is 17.5 Å². The maximum absolute atomic E-state index is 11.3. The van der Waals surface area contributed by atoms with Crippen LogP contribution < -0.4 is 4.74 Å². The largest absolute Gasteiger partial charge is 0.489 e. The highest BCUT2D eigenvalue weighted by atomic mass is 32.1. The van der Waals surface area contributed by atoms with Crippen molar-refractivity contribution in [3.05, 3.63) is 22.5 Å². The molecule has 1 atom stereocenters. The fourth-order valence-corrected chi connectivity index (χ4v) is 4.09. The Labute approximate surface area is 130 Å². The smallest absolute Gasteiger partial charge is 0.309 e. The molecule has 21 heavy (non-hydrogen) atoms. The van der Waals surface area contributed by atoms with Crippen molar-refractivity contribution < 1.29 is 14.3 Å². The first-order valence-electron chi connectivity index (χ1n) is 6.59. The highest BCUT2D eigenvalue weighted by Crippen LogP contribution is 2.39. The van der Waals surface area contributed by atoms with Crippen LogP contribution in [0, 0.1) is 6.92 Å². The van der Waals surface area contributed by atoms with Crippen molar-refractivity contribution in [2.45, 2.75) is 26.4 Å². The Kier molecular flexibility index (Phi) is 3.82. The van der Waals surface area contributed by atoms with Crippen LogP contribution in [-0.4, -0.2) is 24.2 Å².